The smallest absolute Gasteiger partial charge is 0.234 e. The van der Waals surface area contributed by atoms with E-state index >= 15 is 0 Å². The van der Waals surface area contributed by atoms with Gasteiger partial charge in [-0.3, -0.25) is 9.69 Å². The van der Waals surface area contributed by atoms with Gasteiger partial charge in [0.25, 0.3) is 0 Å². The summed E-state index contributed by atoms with van der Waals surface area (Å²) in [7, 11) is 1.67. The molecule has 1 N–H and O–H groups in total. The van der Waals surface area contributed by atoms with Crippen LogP contribution in [0.2, 0.25) is 5.02 Å². The molecule has 0 bridgehead atoms. The van der Waals surface area contributed by atoms with Gasteiger partial charge in [-0.05, 0) is 55.6 Å². The second-order valence-corrected chi connectivity index (χ2v) is 7.12. The van der Waals surface area contributed by atoms with Gasteiger partial charge in [0.1, 0.15) is 5.75 Å². The minimum atomic E-state index is -0.113. The topological polar surface area (TPSA) is 41.6 Å². The Labute approximate surface area is 160 Å². The molecule has 2 atom stereocenters. The zero-order chi connectivity index (χ0) is 18.5. The number of rotatable bonds is 6. The van der Waals surface area contributed by atoms with E-state index in [0.29, 0.717) is 11.6 Å². The number of benzene rings is 2. The Hall–Kier alpha value is -2.04. The lowest BCUT2D eigenvalue weighted by Gasteiger charge is -2.25. The highest BCUT2D eigenvalue weighted by molar-refractivity contribution is 6.31. The van der Waals surface area contributed by atoms with Crippen LogP contribution in [0, 0.1) is 0 Å². The normalized spacial score (nSPS) is 18.5. The van der Waals surface area contributed by atoms with Crippen molar-refractivity contribution in [3.8, 4) is 5.75 Å². The molecule has 0 saturated carbocycles. The SMILES string of the molecule is COc1ccc(C2CCCN2CC(=O)NC(C)c2ccccc2Cl)cc1. The van der Waals surface area contributed by atoms with E-state index in [1.807, 2.05) is 43.3 Å². The Kier molecular flexibility index (Phi) is 6.17. The zero-order valence-corrected chi connectivity index (χ0v) is 16.0. The summed E-state index contributed by atoms with van der Waals surface area (Å²) in [5, 5.41) is 3.75. The van der Waals surface area contributed by atoms with E-state index in [0.717, 1.165) is 30.7 Å². The average Bonchev–Trinajstić information content (AvgIpc) is 3.10. The molecule has 1 amide bonds. The molecule has 0 spiro atoms. The predicted octanol–water partition coefficient (Wildman–Crippen LogP) is 4.36. The number of ether oxygens (including phenoxy) is 1. The Morgan fingerprint density at radius 3 is 2.69 bits per heavy atom. The van der Waals surface area contributed by atoms with Crippen molar-refractivity contribution in [2.75, 3.05) is 20.2 Å². The molecule has 1 fully saturated rings. The van der Waals surface area contributed by atoms with Crippen LogP contribution >= 0.6 is 11.6 Å². The van der Waals surface area contributed by atoms with Crippen molar-refractivity contribution in [2.45, 2.75) is 31.8 Å². The number of nitrogens with one attached hydrogen (secondary N) is 1. The fourth-order valence-corrected chi connectivity index (χ4v) is 3.89. The number of halogens is 1. The maximum absolute atomic E-state index is 12.6. The van der Waals surface area contributed by atoms with Crippen LogP contribution in [-0.2, 0) is 4.79 Å². The minimum absolute atomic E-state index is 0.0258. The second kappa shape index (κ2) is 8.56. The van der Waals surface area contributed by atoms with Gasteiger partial charge in [-0.1, -0.05) is 41.9 Å². The first kappa shape index (κ1) is 18.7. The first-order chi connectivity index (χ1) is 12.6. The summed E-state index contributed by atoms with van der Waals surface area (Å²) in [4.78, 5) is 14.8. The molecular weight excluding hydrogens is 348 g/mol. The minimum Gasteiger partial charge on any atom is -0.497 e. The van der Waals surface area contributed by atoms with Crippen LogP contribution in [0.4, 0.5) is 0 Å². The van der Waals surface area contributed by atoms with Crippen molar-refractivity contribution in [3.05, 3.63) is 64.7 Å². The third kappa shape index (κ3) is 4.37. The van der Waals surface area contributed by atoms with Crippen molar-refractivity contribution in [3.63, 3.8) is 0 Å². The number of carbonyl (C=O) groups excluding carboxylic acids is 1. The van der Waals surface area contributed by atoms with Crippen molar-refractivity contribution in [1.29, 1.82) is 0 Å². The lowest BCUT2D eigenvalue weighted by Crippen LogP contribution is -2.38. The van der Waals surface area contributed by atoms with E-state index < -0.39 is 0 Å². The highest BCUT2D eigenvalue weighted by Gasteiger charge is 2.28. The molecule has 1 heterocycles. The molecule has 26 heavy (non-hydrogen) atoms. The van der Waals surface area contributed by atoms with Crippen molar-refractivity contribution < 1.29 is 9.53 Å². The largest absolute Gasteiger partial charge is 0.497 e. The number of hydrogen-bond donors (Lipinski definition) is 1. The standard InChI is InChI=1S/C21H25ClN2O2/c1-15(18-6-3-4-7-19(18)22)23-21(25)14-24-13-5-8-20(24)16-9-11-17(26-2)12-10-16/h3-4,6-7,9-12,15,20H,5,8,13-14H2,1-2H3,(H,23,25). The molecule has 2 unspecified atom stereocenters. The fourth-order valence-electron chi connectivity index (χ4n) is 3.59. The van der Waals surface area contributed by atoms with E-state index in [4.69, 9.17) is 16.3 Å². The van der Waals surface area contributed by atoms with Crippen LogP contribution in [0.1, 0.15) is 43.0 Å². The second-order valence-electron chi connectivity index (χ2n) is 6.71. The third-order valence-corrected chi connectivity index (χ3v) is 5.30. The Morgan fingerprint density at radius 2 is 2.00 bits per heavy atom. The molecule has 1 aliphatic rings. The molecule has 1 aliphatic heterocycles. The monoisotopic (exact) mass is 372 g/mol. The molecule has 3 rings (SSSR count). The molecule has 0 radical (unpaired) electrons. The third-order valence-electron chi connectivity index (χ3n) is 4.96. The number of nitrogens with zero attached hydrogens (tertiary/aromatic N) is 1. The van der Waals surface area contributed by atoms with Gasteiger partial charge in [-0.2, -0.15) is 0 Å². The molecule has 2 aromatic carbocycles. The Bertz CT molecular complexity index is 748. The summed E-state index contributed by atoms with van der Waals surface area (Å²) in [6.07, 6.45) is 2.17. The molecular formula is C21H25ClN2O2. The maximum Gasteiger partial charge on any atom is 0.234 e. The number of hydrogen-bond acceptors (Lipinski definition) is 3. The van der Waals surface area contributed by atoms with Gasteiger partial charge in [-0.25, -0.2) is 0 Å². The lowest BCUT2D eigenvalue weighted by molar-refractivity contribution is -0.123. The van der Waals surface area contributed by atoms with Crippen molar-refractivity contribution >= 4 is 17.5 Å². The van der Waals surface area contributed by atoms with Crippen LogP contribution < -0.4 is 10.1 Å². The summed E-state index contributed by atoms with van der Waals surface area (Å²) in [6.45, 7) is 3.29. The van der Waals surface area contributed by atoms with Crippen molar-refractivity contribution in [1.82, 2.24) is 10.2 Å². The van der Waals surface area contributed by atoms with Crippen LogP contribution in [0.25, 0.3) is 0 Å². The molecule has 0 aromatic heterocycles. The Balaban J connectivity index is 1.61. The average molecular weight is 373 g/mol. The zero-order valence-electron chi connectivity index (χ0n) is 15.2. The number of likely N-dealkylation sites (tertiary alicyclic amines) is 1. The van der Waals surface area contributed by atoms with Gasteiger partial charge in [0.05, 0.1) is 19.7 Å². The van der Waals surface area contributed by atoms with Crippen LogP contribution in [0.15, 0.2) is 48.5 Å². The fraction of sp³-hybridized carbons (Fsp3) is 0.381. The van der Waals surface area contributed by atoms with Gasteiger partial charge in [0.2, 0.25) is 5.91 Å². The van der Waals surface area contributed by atoms with E-state index in [1.54, 1.807) is 7.11 Å². The number of carbonyl (C=O) groups is 1. The van der Waals surface area contributed by atoms with Crippen LogP contribution in [0.5, 0.6) is 5.75 Å². The Morgan fingerprint density at radius 1 is 1.27 bits per heavy atom. The van der Waals surface area contributed by atoms with E-state index in [2.05, 4.69) is 22.3 Å². The molecule has 5 heteroatoms. The summed E-state index contributed by atoms with van der Waals surface area (Å²) >= 11 is 6.23. The van der Waals surface area contributed by atoms with Gasteiger partial charge >= 0.3 is 0 Å². The quantitative estimate of drug-likeness (QED) is 0.819. The van der Waals surface area contributed by atoms with Gasteiger partial charge in [-0.15, -0.1) is 0 Å². The summed E-state index contributed by atoms with van der Waals surface area (Å²) in [5.41, 5.74) is 2.17. The molecule has 0 aliphatic carbocycles. The maximum atomic E-state index is 12.6. The van der Waals surface area contributed by atoms with Gasteiger partial charge < -0.3 is 10.1 Å². The number of methoxy groups -OCH3 is 1. The highest BCUT2D eigenvalue weighted by atomic mass is 35.5. The highest BCUT2D eigenvalue weighted by Crippen LogP contribution is 2.32. The van der Waals surface area contributed by atoms with E-state index in [1.165, 1.54) is 5.56 Å². The molecule has 2 aromatic rings. The van der Waals surface area contributed by atoms with E-state index in [-0.39, 0.29) is 18.0 Å². The summed E-state index contributed by atoms with van der Waals surface area (Å²) in [6, 6.07) is 15.9. The molecule has 1 saturated heterocycles. The van der Waals surface area contributed by atoms with Crippen LogP contribution in [0.3, 0.4) is 0 Å². The first-order valence-electron chi connectivity index (χ1n) is 9.00. The lowest BCUT2D eigenvalue weighted by atomic mass is 10.0. The molecule has 138 valence electrons. The van der Waals surface area contributed by atoms with Crippen molar-refractivity contribution in [2.24, 2.45) is 0 Å². The summed E-state index contributed by atoms with van der Waals surface area (Å²) in [5.74, 6) is 0.877. The van der Waals surface area contributed by atoms with Crippen LogP contribution in [-0.4, -0.2) is 31.0 Å². The molecule has 4 nitrogen and oxygen atoms in total. The van der Waals surface area contributed by atoms with Gasteiger partial charge in [0, 0.05) is 11.1 Å². The predicted molar refractivity (Wildman–Crippen MR) is 105 cm³/mol. The van der Waals surface area contributed by atoms with Gasteiger partial charge in [0.15, 0.2) is 0 Å². The van der Waals surface area contributed by atoms with E-state index in [9.17, 15) is 4.79 Å². The number of amides is 1. The first-order valence-corrected chi connectivity index (χ1v) is 9.38. The summed E-state index contributed by atoms with van der Waals surface area (Å²) < 4.78 is 5.23.